The van der Waals surface area contributed by atoms with Gasteiger partial charge in [0.1, 0.15) is 12.1 Å². The highest BCUT2D eigenvalue weighted by Gasteiger charge is 2.37. The van der Waals surface area contributed by atoms with Crippen molar-refractivity contribution in [3.63, 3.8) is 0 Å². The molecule has 2 unspecified atom stereocenters. The second-order valence-corrected chi connectivity index (χ2v) is 3.87. The maximum atomic E-state index is 11.0. The summed E-state index contributed by atoms with van der Waals surface area (Å²) >= 11 is 0. The Morgan fingerprint density at radius 1 is 0.800 bits per heavy atom. The zero-order valence-electron chi connectivity index (χ0n) is 10.3. The van der Waals surface area contributed by atoms with Crippen LogP contribution in [-0.4, -0.2) is 79.5 Å². The van der Waals surface area contributed by atoms with Gasteiger partial charge in [0.15, 0.2) is 0 Å². The number of hydrogen-bond acceptors (Lipinski definition) is 6. The van der Waals surface area contributed by atoms with E-state index in [1.54, 1.807) is 0 Å². The van der Waals surface area contributed by atoms with Gasteiger partial charge in [0, 0.05) is 6.54 Å². The molecule has 0 aromatic heterocycles. The number of nitrogens with zero attached hydrogens (tertiary/aromatic N) is 1. The molecule has 0 aliphatic rings. The molecule has 0 saturated heterocycles. The summed E-state index contributed by atoms with van der Waals surface area (Å²) < 4.78 is 0. The predicted molar refractivity (Wildman–Crippen MR) is 61.1 cm³/mol. The maximum Gasteiger partial charge on any atom is 0.321 e. The Morgan fingerprint density at radius 3 is 1.35 bits per heavy atom. The van der Waals surface area contributed by atoms with Gasteiger partial charge in [-0.2, -0.15) is 0 Å². The molecule has 0 bridgehead atoms. The van der Waals surface area contributed by atoms with Gasteiger partial charge < -0.3 is 25.5 Å². The van der Waals surface area contributed by atoms with E-state index >= 15 is 0 Å². The summed E-state index contributed by atoms with van der Waals surface area (Å²) in [6.07, 6.45) is -1.84. The number of aliphatic carboxylic acids is 4. The molecule has 10 nitrogen and oxygen atoms in total. The lowest BCUT2D eigenvalue weighted by Crippen LogP contribution is -2.53. The predicted octanol–water partition coefficient (Wildman–Crippen LogP) is -1.86. The molecule has 2 atom stereocenters. The Morgan fingerprint density at radius 2 is 1.15 bits per heavy atom. The van der Waals surface area contributed by atoms with Crippen LogP contribution in [0, 0.1) is 0 Å². The summed E-state index contributed by atoms with van der Waals surface area (Å²) in [5.74, 6) is -6.20. The Bertz CT molecular complexity index is 360. The summed E-state index contributed by atoms with van der Waals surface area (Å²) in [5.41, 5.74) is 0. The first kappa shape index (κ1) is 17.8. The molecule has 114 valence electrons. The third kappa shape index (κ3) is 5.63. The van der Waals surface area contributed by atoms with Crippen molar-refractivity contribution in [1.82, 2.24) is 4.90 Å². The van der Waals surface area contributed by atoms with Crippen molar-refractivity contribution >= 4 is 23.9 Å². The quantitative estimate of drug-likeness (QED) is 0.307. The molecule has 0 saturated carbocycles. The molecule has 0 radical (unpaired) electrons. The van der Waals surface area contributed by atoms with E-state index in [-0.39, 0.29) is 0 Å². The third-order valence-electron chi connectivity index (χ3n) is 2.46. The normalized spacial score (nSPS) is 13.7. The second kappa shape index (κ2) is 8.07. The first-order valence-corrected chi connectivity index (χ1v) is 5.46. The van der Waals surface area contributed by atoms with E-state index in [0.29, 0.717) is 4.90 Å². The molecule has 0 rings (SSSR count). The van der Waals surface area contributed by atoms with Crippen LogP contribution in [0.25, 0.3) is 0 Å². The van der Waals surface area contributed by atoms with Gasteiger partial charge in [-0.1, -0.05) is 0 Å². The van der Waals surface area contributed by atoms with Crippen molar-refractivity contribution in [3.8, 4) is 0 Å². The largest absolute Gasteiger partial charge is 0.481 e. The van der Waals surface area contributed by atoms with Crippen LogP contribution in [0.15, 0.2) is 0 Å². The summed E-state index contributed by atoms with van der Waals surface area (Å²) in [6.45, 7) is -1.12. The van der Waals surface area contributed by atoms with Gasteiger partial charge in [0.2, 0.25) is 0 Å². The average molecular weight is 293 g/mol. The number of aliphatic hydroxyl groups excluding tert-OH is 1. The number of aliphatic hydroxyl groups is 1. The first-order chi connectivity index (χ1) is 9.20. The minimum Gasteiger partial charge on any atom is -0.481 e. The van der Waals surface area contributed by atoms with Crippen LogP contribution in [0.1, 0.15) is 12.8 Å². The summed E-state index contributed by atoms with van der Waals surface area (Å²) in [6, 6.07) is -3.50. The highest BCUT2D eigenvalue weighted by Crippen LogP contribution is 2.13. The van der Waals surface area contributed by atoms with Crippen molar-refractivity contribution in [3.05, 3.63) is 0 Å². The fraction of sp³-hybridized carbons (Fsp3) is 0.600. The zero-order valence-corrected chi connectivity index (χ0v) is 10.3. The molecule has 0 aromatic carbocycles. The van der Waals surface area contributed by atoms with Crippen molar-refractivity contribution in [2.45, 2.75) is 24.9 Å². The molecule has 0 heterocycles. The Kier molecular flexibility index (Phi) is 7.18. The van der Waals surface area contributed by atoms with Gasteiger partial charge in [-0.25, -0.2) is 0 Å². The Labute approximate surface area is 112 Å². The maximum absolute atomic E-state index is 11.0. The zero-order chi connectivity index (χ0) is 15.9. The molecule has 0 fully saturated rings. The van der Waals surface area contributed by atoms with E-state index < -0.39 is 62.0 Å². The van der Waals surface area contributed by atoms with Crippen LogP contribution >= 0.6 is 0 Å². The molecule has 0 aliphatic carbocycles. The lowest BCUT2D eigenvalue weighted by molar-refractivity contribution is -0.158. The van der Waals surface area contributed by atoms with Crippen LogP contribution in [0.3, 0.4) is 0 Å². The van der Waals surface area contributed by atoms with Crippen LogP contribution in [0.5, 0.6) is 0 Å². The summed E-state index contributed by atoms with van der Waals surface area (Å²) in [4.78, 5) is 44.0. The monoisotopic (exact) mass is 293 g/mol. The highest BCUT2D eigenvalue weighted by atomic mass is 16.4. The molecule has 0 amide bonds. The lowest BCUT2D eigenvalue weighted by Gasteiger charge is -2.31. The SMILES string of the molecule is O=C(O)CC(C(=O)O)N(CCO)C(CC(=O)O)C(=O)O. The Hall–Kier alpha value is -2.20. The van der Waals surface area contributed by atoms with Gasteiger partial charge in [0.05, 0.1) is 19.4 Å². The fourth-order valence-electron chi connectivity index (χ4n) is 1.67. The number of carboxylic acid groups (broad SMARTS) is 4. The molecule has 0 aliphatic heterocycles. The molecule has 0 aromatic rings. The van der Waals surface area contributed by atoms with Gasteiger partial charge >= 0.3 is 23.9 Å². The summed E-state index contributed by atoms with van der Waals surface area (Å²) in [7, 11) is 0. The second-order valence-electron chi connectivity index (χ2n) is 3.87. The van der Waals surface area contributed by atoms with Crippen LogP contribution in [0.4, 0.5) is 0 Å². The van der Waals surface area contributed by atoms with E-state index in [1.165, 1.54) is 0 Å². The Balaban J connectivity index is 5.40. The van der Waals surface area contributed by atoms with Crippen molar-refractivity contribution < 1.29 is 44.7 Å². The van der Waals surface area contributed by atoms with Crippen LogP contribution in [-0.2, 0) is 19.2 Å². The van der Waals surface area contributed by atoms with Crippen molar-refractivity contribution in [2.75, 3.05) is 13.2 Å². The molecular weight excluding hydrogens is 278 g/mol. The average Bonchev–Trinajstić information content (AvgIpc) is 2.29. The lowest BCUT2D eigenvalue weighted by atomic mass is 10.1. The summed E-state index contributed by atoms with van der Waals surface area (Å²) in [5, 5.41) is 44.0. The van der Waals surface area contributed by atoms with Crippen molar-refractivity contribution in [2.24, 2.45) is 0 Å². The number of hydrogen-bond donors (Lipinski definition) is 5. The minimum atomic E-state index is -1.75. The van der Waals surface area contributed by atoms with Gasteiger partial charge in [-0.15, -0.1) is 0 Å². The minimum absolute atomic E-state index is 0.478. The topological polar surface area (TPSA) is 173 Å². The van der Waals surface area contributed by atoms with Crippen LogP contribution < -0.4 is 0 Å². The molecule has 20 heavy (non-hydrogen) atoms. The fourth-order valence-corrected chi connectivity index (χ4v) is 1.67. The van der Waals surface area contributed by atoms with E-state index in [0.717, 1.165) is 0 Å². The first-order valence-electron chi connectivity index (χ1n) is 5.46. The number of carbonyl (C=O) groups is 4. The van der Waals surface area contributed by atoms with Gasteiger partial charge in [-0.05, 0) is 0 Å². The molecule has 10 heteroatoms. The number of carboxylic acids is 4. The van der Waals surface area contributed by atoms with Crippen LogP contribution in [0.2, 0.25) is 0 Å². The standard InChI is InChI=1S/C10H15NO9/c12-2-1-11(5(9(17)18)3-7(13)14)6(10(19)20)4-8(15)16/h5-6,12H,1-4H2,(H,13,14)(H,15,16)(H,17,18)(H,19,20). The van der Waals surface area contributed by atoms with Crippen molar-refractivity contribution in [1.29, 1.82) is 0 Å². The van der Waals surface area contributed by atoms with Gasteiger partial charge in [0.25, 0.3) is 0 Å². The molecular formula is C10H15NO9. The highest BCUT2D eigenvalue weighted by molar-refractivity contribution is 5.84. The molecule has 0 spiro atoms. The smallest absolute Gasteiger partial charge is 0.321 e. The number of rotatable bonds is 10. The van der Waals surface area contributed by atoms with E-state index in [1.807, 2.05) is 0 Å². The third-order valence-corrected chi connectivity index (χ3v) is 2.46. The van der Waals surface area contributed by atoms with E-state index in [9.17, 15) is 19.2 Å². The molecule has 5 N–H and O–H groups in total. The van der Waals surface area contributed by atoms with E-state index in [2.05, 4.69) is 0 Å². The van der Waals surface area contributed by atoms with E-state index in [4.69, 9.17) is 25.5 Å². The van der Waals surface area contributed by atoms with Gasteiger partial charge in [-0.3, -0.25) is 24.1 Å².